The highest BCUT2D eigenvalue weighted by atomic mass is 35.5. The number of likely N-dealkylation sites (tertiary alicyclic amines) is 1. The highest BCUT2D eigenvalue weighted by Gasteiger charge is 2.62. The third kappa shape index (κ3) is 11.5. The van der Waals surface area contributed by atoms with Crippen LogP contribution in [0.25, 0.3) is 10.8 Å². The fraction of sp³-hybridized carbons (Fsp3) is 0.674. The number of aromatic nitrogens is 1. The lowest BCUT2D eigenvalue weighted by Crippen LogP contribution is -2.50. The van der Waals surface area contributed by atoms with E-state index in [1.54, 1.807) is 36.1 Å². The fourth-order valence-electron chi connectivity index (χ4n) is 8.44. The number of ether oxygens (including phenoxy) is 4. The number of nitrogens with one attached hydrogen (secondary N) is 1. The minimum atomic E-state index is -4.40. The first-order valence-electron chi connectivity index (χ1n) is 21.4. The average molecular weight is 906 g/mol. The van der Waals surface area contributed by atoms with Crippen LogP contribution in [0.5, 0.6) is 11.6 Å². The summed E-state index contributed by atoms with van der Waals surface area (Å²) in [6, 6.07) is 6.35. The maximum atomic E-state index is 14.7. The number of amides is 4. The molecular formula is C43H60ClN5O12S. The molecule has 1 aromatic carbocycles. The van der Waals surface area contributed by atoms with Gasteiger partial charge in [0.05, 0.1) is 63.1 Å². The van der Waals surface area contributed by atoms with Crippen LogP contribution in [0.15, 0.2) is 30.5 Å². The zero-order valence-electron chi connectivity index (χ0n) is 36.5. The number of nitrogens with zero attached hydrogens (tertiary/aromatic N) is 4. The maximum Gasteiger partial charge on any atom is 0.362 e. The average Bonchev–Trinajstić information content (AvgIpc) is 4.11. The lowest BCUT2D eigenvalue weighted by molar-refractivity contribution is -0.149. The molecule has 342 valence electrons. The van der Waals surface area contributed by atoms with Crippen LogP contribution in [0.3, 0.4) is 0 Å². The van der Waals surface area contributed by atoms with Crippen LogP contribution < -0.4 is 14.2 Å². The molecular weight excluding hydrogens is 846 g/mol. The van der Waals surface area contributed by atoms with Gasteiger partial charge in [-0.3, -0.25) is 24.0 Å². The van der Waals surface area contributed by atoms with Gasteiger partial charge in [0, 0.05) is 57.0 Å². The molecule has 62 heavy (non-hydrogen) atoms. The number of Topliss-reactive ketones (excluding diaryl/α,β-unsaturated/α-hetero) is 1. The first kappa shape index (κ1) is 47.4. The number of hydrogen-bond acceptors (Lipinski definition) is 13. The number of ketones is 1. The maximum absolute atomic E-state index is 14.7. The molecule has 2 aliphatic carbocycles. The summed E-state index contributed by atoms with van der Waals surface area (Å²) in [4.78, 5) is 76.0. The van der Waals surface area contributed by atoms with Gasteiger partial charge in [-0.2, -0.15) is 8.42 Å². The molecule has 0 spiro atoms. The number of morpholine rings is 2. The third-order valence-corrected chi connectivity index (χ3v) is 13.9. The number of carbonyl (C=O) groups is 5. The Hall–Kier alpha value is -4.10. The quantitative estimate of drug-likeness (QED) is 0.206. The number of halogens is 1. The Balaban J connectivity index is 0.000000633. The van der Waals surface area contributed by atoms with E-state index in [4.69, 9.17) is 34.7 Å². The van der Waals surface area contributed by atoms with Gasteiger partial charge in [-0.15, -0.1) is 0 Å². The van der Waals surface area contributed by atoms with Gasteiger partial charge < -0.3 is 33.6 Å². The molecule has 2 aromatic rings. The Morgan fingerprint density at radius 3 is 2.19 bits per heavy atom. The summed E-state index contributed by atoms with van der Waals surface area (Å²) in [6.45, 7) is 13.5. The number of methoxy groups -OCH3 is 1. The van der Waals surface area contributed by atoms with Crippen molar-refractivity contribution < 1.29 is 55.5 Å². The van der Waals surface area contributed by atoms with Crippen LogP contribution in [0, 0.1) is 22.7 Å². The molecule has 4 heterocycles. The molecule has 5 aliphatic rings. The topological polar surface area (TPSA) is 200 Å². The second-order valence-corrected chi connectivity index (χ2v) is 19.8. The molecule has 7 rings (SSSR count). The van der Waals surface area contributed by atoms with Crippen LogP contribution >= 0.6 is 11.6 Å². The Kier molecular flexibility index (Phi) is 14.8. The molecule has 0 unspecified atom stereocenters. The number of rotatable bonds is 14. The van der Waals surface area contributed by atoms with Crippen molar-refractivity contribution in [2.45, 2.75) is 97.3 Å². The summed E-state index contributed by atoms with van der Waals surface area (Å²) < 4.78 is 55.2. The second kappa shape index (κ2) is 19.3. The Labute approximate surface area is 368 Å². The highest BCUT2D eigenvalue weighted by molar-refractivity contribution is 7.85. The van der Waals surface area contributed by atoms with E-state index < -0.39 is 50.7 Å². The molecule has 17 nitrogen and oxygen atoms in total. The van der Waals surface area contributed by atoms with Gasteiger partial charge in [0.25, 0.3) is 0 Å². The summed E-state index contributed by atoms with van der Waals surface area (Å²) in [5.41, 5.74) is -2.73. The van der Waals surface area contributed by atoms with Crippen LogP contribution in [-0.4, -0.2) is 141 Å². The second-order valence-electron chi connectivity index (χ2n) is 18.2. The van der Waals surface area contributed by atoms with Crippen molar-refractivity contribution in [3.8, 4) is 11.6 Å². The molecule has 1 N–H and O–H groups in total. The van der Waals surface area contributed by atoms with Crippen molar-refractivity contribution in [1.29, 1.82) is 0 Å². The van der Waals surface area contributed by atoms with Crippen LogP contribution in [-0.2, 0) is 43.1 Å². The molecule has 3 aliphatic heterocycles. The van der Waals surface area contributed by atoms with Crippen LogP contribution in [0.2, 0.25) is 0 Å². The predicted octanol–water partition coefficient (Wildman–Crippen LogP) is 4.49. The number of hydrogen-bond donors (Lipinski definition) is 1. The number of carbonyl (C=O) groups excluding carboxylic acids is 5. The monoisotopic (exact) mass is 905 g/mol. The van der Waals surface area contributed by atoms with Crippen molar-refractivity contribution in [2.75, 3.05) is 66.3 Å². The van der Waals surface area contributed by atoms with Gasteiger partial charge in [0.2, 0.25) is 23.6 Å². The van der Waals surface area contributed by atoms with E-state index in [-0.39, 0.29) is 54.7 Å². The van der Waals surface area contributed by atoms with E-state index in [1.165, 1.54) is 4.90 Å². The summed E-state index contributed by atoms with van der Waals surface area (Å²) in [6.07, 6.45) is 2.82. The number of benzene rings is 1. The molecule has 2 saturated carbocycles. The Bertz CT molecular complexity index is 2100. The zero-order valence-corrected chi connectivity index (χ0v) is 38.1. The van der Waals surface area contributed by atoms with Crippen molar-refractivity contribution in [3.05, 3.63) is 30.5 Å². The van der Waals surface area contributed by atoms with E-state index in [0.717, 1.165) is 10.8 Å². The van der Waals surface area contributed by atoms with Crippen molar-refractivity contribution in [1.82, 2.24) is 24.4 Å². The van der Waals surface area contributed by atoms with Crippen LogP contribution in [0.4, 0.5) is 4.79 Å². The standard InChI is InChI=1S/C38H52N4O10S.C5H8ClNO2/c1-7-25-21-38(25,35(46)40-53(47,48)52-37(5)11-12-37)22-31(43)30-19-27(51-33-28-9-8-26(49-6)18-24(28)10-13-39-33)23-42(30)34(45)29(36(2,3)4)20-32(44)41-14-16-50-17-15-41;6-5(8)7-1-3-9-4-2-7/h8-10,13,18,25,27,29-30H,7,11-12,14-17,19-23H2,1-6H3,(H,40,46);1-4H2/t25-,27-,29-,30+,38-;/m1./s1. The minimum absolute atomic E-state index is 0.0426. The molecule has 0 bridgehead atoms. The van der Waals surface area contributed by atoms with Gasteiger partial charge >= 0.3 is 15.7 Å². The SMILES string of the molecule is CC[C@@H]1C[C@]1(CC(=O)[C@@H]1C[C@@H](Oc2nccc3cc(OC)ccc23)CN1C(=O)[C@@H](CC(=O)N1CCOCC1)C(C)(C)C)C(=O)NS(=O)(=O)OC1(C)CC1.O=C(Cl)N1CCOCC1. The van der Waals surface area contributed by atoms with Gasteiger partial charge in [0.1, 0.15) is 11.9 Å². The zero-order chi connectivity index (χ0) is 45.0. The Morgan fingerprint density at radius 1 is 1.00 bits per heavy atom. The van der Waals surface area contributed by atoms with Gasteiger partial charge in [0.15, 0.2) is 5.78 Å². The number of pyridine rings is 1. The first-order chi connectivity index (χ1) is 29.3. The molecule has 3 saturated heterocycles. The molecule has 0 radical (unpaired) electrons. The normalized spacial score (nSPS) is 25.0. The molecule has 19 heteroatoms. The van der Waals surface area contributed by atoms with Gasteiger partial charge in [-0.25, -0.2) is 13.9 Å². The lowest BCUT2D eigenvalue weighted by atomic mass is 9.77. The smallest absolute Gasteiger partial charge is 0.362 e. The highest BCUT2D eigenvalue weighted by Crippen LogP contribution is 2.58. The van der Waals surface area contributed by atoms with Crippen LogP contribution in [0.1, 0.15) is 79.6 Å². The van der Waals surface area contributed by atoms with E-state index >= 15 is 0 Å². The van der Waals surface area contributed by atoms with E-state index in [1.807, 2.05) is 45.9 Å². The van der Waals surface area contributed by atoms with Gasteiger partial charge in [-0.1, -0.05) is 34.1 Å². The summed E-state index contributed by atoms with van der Waals surface area (Å²) in [5.74, 6) is -1.63. The largest absolute Gasteiger partial charge is 0.497 e. The van der Waals surface area contributed by atoms with E-state index in [0.29, 0.717) is 89.9 Å². The summed E-state index contributed by atoms with van der Waals surface area (Å²) in [5, 5.41) is 1.19. The molecule has 5 atom stereocenters. The number of fused-ring (bicyclic) bond motifs is 1. The van der Waals surface area contributed by atoms with Crippen molar-refractivity contribution in [2.24, 2.45) is 22.7 Å². The van der Waals surface area contributed by atoms with Crippen molar-refractivity contribution >= 4 is 61.5 Å². The Morgan fingerprint density at radius 2 is 1.65 bits per heavy atom. The van der Waals surface area contributed by atoms with Gasteiger partial charge in [-0.05, 0) is 78.8 Å². The molecule has 4 amide bonds. The predicted molar refractivity (Wildman–Crippen MR) is 228 cm³/mol. The minimum Gasteiger partial charge on any atom is -0.497 e. The van der Waals surface area contributed by atoms with Crippen molar-refractivity contribution in [3.63, 3.8) is 0 Å². The third-order valence-electron chi connectivity index (χ3n) is 12.6. The van der Waals surface area contributed by atoms with E-state index in [2.05, 4.69) is 9.71 Å². The fourth-order valence-corrected chi connectivity index (χ4v) is 9.78. The van der Waals surface area contributed by atoms with E-state index in [9.17, 15) is 32.4 Å². The molecule has 5 fully saturated rings. The summed E-state index contributed by atoms with van der Waals surface area (Å²) >= 11 is 5.19. The summed E-state index contributed by atoms with van der Waals surface area (Å²) in [7, 11) is -2.82. The molecule has 1 aromatic heterocycles. The lowest BCUT2D eigenvalue weighted by Gasteiger charge is -2.36. The first-order valence-corrected chi connectivity index (χ1v) is 23.1.